The van der Waals surface area contributed by atoms with Gasteiger partial charge in [-0.2, -0.15) is 4.99 Å². The lowest BCUT2D eigenvalue weighted by Crippen LogP contribution is -2.16. The van der Waals surface area contributed by atoms with Crippen LogP contribution in [0.2, 0.25) is 0 Å². The number of benzene rings is 1. The zero-order valence-electron chi connectivity index (χ0n) is 12.8. The predicted octanol–water partition coefficient (Wildman–Crippen LogP) is 3.91. The van der Waals surface area contributed by atoms with E-state index in [4.69, 9.17) is 0 Å². The molecule has 1 amide bonds. The Morgan fingerprint density at radius 2 is 2.17 bits per heavy atom. The molecule has 0 fully saturated rings. The van der Waals surface area contributed by atoms with Crippen LogP contribution < -0.4 is 4.80 Å². The minimum absolute atomic E-state index is 0.0697. The highest BCUT2D eigenvalue weighted by atomic mass is 32.1. The Balaban J connectivity index is 2.13. The molecule has 3 rings (SSSR count). The van der Waals surface area contributed by atoms with Crippen LogP contribution >= 0.6 is 22.7 Å². The molecule has 0 aliphatic rings. The SMILES string of the molecule is C=CCn1c(=NC(=O)c2ccc([N+](=O)[O-])s2)sc2cccc(C)c21. The van der Waals surface area contributed by atoms with Crippen molar-refractivity contribution in [3.63, 3.8) is 0 Å². The number of para-hydroxylation sites is 1. The van der Waals surface area contributed by atoms with Crippen molar-refractivity contribution in [3.8, 4) is 0 Å². The number of hydrogen-bond donors (Lipinski definition) is 0. The van der Waals surface area contributed by atoms with Gasteiger partial charge < -0.3 is 4.57 Å². The number of hydrogen-bond acceptors (Lipinski definition) is 5. The molecule has 0 saturated heterocycles. The highest BCUT2D eigenvalue weighted by molar-refractivity contribution is 7.17. The van der Waals surface area contributed by atoms with E-state index in [9.17, 15) is 14.9 Å². The topological polar surface area (TPSA) is 77.5 Å². The number of carbonyl (C=O) groups excluding carboxylic acids is 1. The quantitative estimate of drug-likeness (QED) is 0.402. The Bertz CT molecular complexity index is 1030. The van der Waals surface area contributed by atoms with Gasteiger partial charge in [0.15, 0.2) is 4.80 Å². The fourth-order valence-corrected chi connectivity index (χ4v) is 4.19. The number of allylic oxidation sites excluding steroid dienone is 1. The summed E-state index contributed by atoms with van der Waals surface area (Å²) in [4.78, 5) is 27.6. The molecule has 3 aromatic rings. The van der Waals surface area contributed by atoms with Gasteiger partial charge in [-0.1, -0.05) is 40.9 Å². The molecule has 0 saturated carbocycles. The second-order valence-corrected chi connectivity index (χ2v) is 7.09. The highest BCUT2D eigenvalue weighted by Gasteiger charge is 2.16. The summed E-state index contributed by atoms with van der Waals surface area (Å²) in [6.07, 6.45) is 1.75. The van der Waals surface area contributed by atoms with Crippen LogP contribution in [0.4, 0.5) is 5.00 Å². The largest absolute Gasteiger partial charge is 0.324 e. The summed E-state index contributed by atoms with van der Waals surface area (Å²) in [6, 6.07) is 8.70. The highest BCUT2D eigenvalue weighted by Crippen LogP contribution is 2.25. The lowest BCUT2D eigenvalue weighted by atomic mass is 10.2. The molecule has 0 bridgehead atoms. The molecule has 24 heavy (non-hydrogen) atoms. The van der Waals surface area contributed by atoms with Gasteiger partial charge in [0.1, 0.15) is 4.88 Å². The zero-order valence-corrected chi connectivity index (χ0v) is 14.4. The van der Waals surface area contributed by atoms with Gasteiger partial charge >= 0.3 is 5.00 Å². The van der Waals surface area contributed by atoms with Gasteiger partial charge in [-0.25, -0.2) is 0 Å². The second-order valence-electron chi connectivity index (χ2n) is 5.02. The maximum atomic E-state index is 12.4. The van der Waals surface area contributed by atoms with Crippen LogP contribution in [0.1, 0.15) is 15.2 Å². The van der Waals surface area contributed by atoms with E-state index in [-0.39, 0.29) is 9.88 Å². The molecule has 2 heterocycles. The first-order valence-corrected chi connectivity index (χ1v) is 8.67. The predicted molar refractivity (Wildman–Crippen MR) is 95.6 cm³/mol. The molecule has 8 heteroatoms. The number of fused-ring (bicyclic) bond motifs is 1. The maximum Gasteiger partial charge on any atom is 0.324 e. The first kappa shape index (κ1) is 16.3. The average molecular weight is 359 g/mol. The normalized spacial score (nSPS) is 11.8. The molecule has 0 aliphatic heterocycles. The first-order valence-electron chi connectivity index (χ1n) is 7.04. The van der Waals surface area contributed by atoms with E-state index < -0.39 is 10.8 Å². The van der Waals surface area contributed by atoms with Gasteiger partial charge in [-0.05, 0) is 24.6 Å². The van der Waals surface area contributed by atoms with Crippen molar-refractivity contribution in [1.82, 2.24) is 4.57 Å². The number of aromatic nitrogens is 1. The van der Waals surface area contributed by atoms with E-state index in [1.54, 1.807) is 6.08 Å². The van der Waals surface area contributed by atoms with Crippen molar-refractivity contribution in [2.75, 3.05) is 0 Å². The third-order valence-corrected chi connectivity index (χ3v) is 5.46. The fourth-order valence-electron chi connectivity index (χ4n) is 2.37. The molecule has 122 valence electrons. The van der Waals surface area contributed by atoms with Crippen molar-refractivity contribution in [2.24, 2.45) is 4.99 Å². The Labute approximate surface area is 145 Å². The van der Waals surface area contributed by atoms with Gasteiger partial charge in [0, 0.05) is 12.6 Å². The van der Waals surface area contributed by atoms with Crippen molar-refractivity contribution in [2.45, 2.75) is 13.5 Å². The lowest BCUT2D eigenvalue weighted by molar-refractivity contribution is -0.380. The minimum atomic E-state index is -0.512. The summed E-state index contributed by atoms with van der Waals surface area (Å²) in [7, 11) is 0. The third kappa shape index (κ3) is 2.93. The summed E-state index contributed by atoms with van der Waals surface area (Å²) in [5, 5.41) is 10.7. The second kappa shape index (κ2) is 6.50. The number of nitrogens with zero attached hydrogens (tertiary/aromatic N) is 3. The molecule has 0 N–H and O–H groups in total. The summed E-state index contributed by atoms with van der Waals surface area (Å²) in [5.74, 6) is -0.477. The van der Waals surface area contributed by atoms with E-state index in [0.29, 0.717) is 11.3 Å². The molecule has 6 nitrogen and oxygen atoms in total. The van der Waals surface area contributed by atoms with Crippen molar-refractivity contribution in [3.05, 3.63) is 68.3 Å². The zero-order chi connectivity index (χ0) is 17.3. The van der Waals surface area contributed by atoms with Gasteiger partial charge in [0.25, 0.3) is 5.91 Å². The van der Waals surface area contributed by atoms with E-state index in [2.05, 4.69) is 11.6 Å². The first-order chi connectivity index (χ1) is 11.5. The van der Waals surface area contributed by atoms with E-state index in [0.717, 1.165) is 27.1 Å². The molecule has 1 aromatic carbocycles. The van der Waals surface area contributed by atoms with Gasteiger partial charge in [0.05, 0.1) is 15.1 Å². The number of aryl methyl sites for hydroxylation is 1. The van der Waals surface area contributed by atoms with E-state index >= 15 is 0 Å². The smallest absolute Gasteiger partial charge is 0.312 e. The monoisotopic (exact) mass is 359 g/mol. The van der Waals surface area contributed by atoms with E-state index in [1.807, 2.05) is 29.7 Å². The number of carbonyl (C=O) groups is 1. The van der Waals surface area contributed by atoms with Gasteiger partial charge in [-0.15, -0.1) is 6.58 Å². The Morgan fingerprint density at radius 1 is 1.38 bits per heavy atom. The number of rotatable bonds is 4. The fraction of sp³-hybridized carbons (Fsp3) is 0.125. The number of thiophene rings is 1. The summed E-state index contributed by atoms with van der Waals surface area (Å²) in [6.45, 7) is 6.29. The molecule has 0 aliphatic carbocycles. The summed E-state index contributed by atoms with van der Waals surface area (Å²) < 4.78 is 2.96. The number of amides is 1. The molecular weight excluding hydrogens is 346 g/mol. The van der Waals surface area contributed by atoms with Crippen LogP contribution in [0.3, 0.4) is 0 Å². The Hall–Kier alpha value is -2.58. The van der Waals surface area contributed by atoms with Crippen molar-refractivity contribution in [1.29, 1.82) is 0 Å². The summed E-state index contributed by atoms with van der Waals surface area (Å²) >= 11 is 2.24. The van der Waals surface area contributed by atoms with E-state index in [1.165, 1.54) is 23.5 Å². The van der Waals surface area contributed by atoms with Crippen LogP contribution in [0.25, 0.3) is 10.2 Å². The molecule has 0 unspecified atom stereocenters. The average Bonchev–Trinajstić information content (AvgIpc) is 3.14. The van der Waals surface area contributed by atoms with Crippen LogP contribution in [-0.4, -0.2) is 15.4 Å². The molecular formula is C16H13N3O3S2. The lowest BCUT2D eigenvalue weighted by Gasteiger charge is -2.03. The van der Waals surface area contributed by atoms with Crippen LogP contribution in [-0.2, 0) is 6.54 Å². The molecule has 0 spiro atoms. The minimum Gasteiger partial charge on any atom is -0.312 e. The molecule has 0 radical (unpaired) electrons. The summed E-state index contributed by atoms with van der Waals surface area (Å²) in [5.41, 5.74) is 2.11. The van der Waals surface area contributed by atoms with Crippen molar-refractivity contribution < 1.29 is 9.72 Å². The molecule has 0 atom stereocenters. The van der Waals surface area contributed by atoms with Gasteiger partial charge in [0.2, 0.25) is 0 Å². The Morgan fingerprint density at radius 3 is 2.83 bits per heavy atom. The van der Waals surface area contributed by atoms with Crippen molar-refractivity contribution >= 4 is 43.8 Å². The third-order valence-electron chi connectivity index (χ3n) is 3.39. The number of thiazole rings is 1. The maximum absolute atomic E-state index is 12.4. The number of nitro groups is 1. The molecule has 2 aromatic heterocycles. The van der Waals surface area contributed by atoms with Crippen LogP contribution in [0, 0.1) is 17.0 Å². The van der Waals surface area contributed by atoms with Gasteiger partial charge in [-0.3, -0.25) is 14.9 Å². The standard InChI is InChI=1S/C16H13N3O3S2/c1-3-9-18-14-10(2)5-4-6-11(14)24-16(18)17-15(20)12-7-8-13(23-12)19(21)22/h3-8H,1,9H2,2H3. The van der Waals surface area contributed by atoms with Crippen LogP contribution in [0.5, 0.6) is 0 Å². The van der Waals surface area contributed by atoms with Crippen LogP contribution in [0.15, 0.2) is 48.0 Å². The Kier molecular flexibility index (Phi) is 4.41.